The van der Waals surface area contributed by atoms with E-state index in [1.54, 1.807) is 12.1 Å². The van der Waals surface area contributed by atoms with Gasteiger partial charge in [0.05, 0.1) is 13.0 Å². The van der Waals surface area contributed by atoms with Crippen LogP contribution in [0.2, 0.25) is 0 Å². The van der Waals surface area contributed by atoms with Gasteiger partial charge in [-0.3, -0.25) is 4.79 Å². The molecule has 4 heteroatoms. The monoisotopic (exact) mass is 284 g/mol. The first-order valence-electron chi connectivity index (χ1n) is 7.02. The minimum absolute atomic E-state index is 0.0398. The molecule has 1 aliphatic rings. The Labute approximate surface area is 122 Å². The van der Waals surface area contributed by atoms with Crippen LogP contribution in [0.4, 0.5) is 0 Å². The molecule has 0 spiro atoms. The summed E-state index contributed by atoms with van der Waals surface area (Å²) in [6, 6.07) is 11.0. The molecule has 0 bridgehead atoms. The second kappa shape index (κ2) is 5.56. The Morgan fingerprint density at radius 3 is 2.33 bits per heavy atom. The van der Waals surface area contributed by atoms with Crippen LogP contribution in [0.25, 0.3) is 10.8 Å². The molecule has 2 aromatic carbocycles. The Hall–Kier alpha value is -2.36. The fourth-order valence-electron chi connectivity index (χ4n) is 2.41. The van der Waals surface area contributed by atoms with Crippen LogP contribution in [0.5, 0.6) is 5.75 Å². The van der Waals surface area contributed by atoms with Crippen LogP contribution in [-0.2, 0) is 9.53 Å². The molecule has 1 aliphatic carbocycles. The van der Waals surface area contributed by atoms with Gasteiger partial charge in [-0.1, -0.05) is 30.7 Å². The summed E-state index contributed by atoms with van der Waals surface area (Å²) >= 11 is 0. The van der Waals surface area contributed by atoms with Crippen molar-refractivity contribution in [2.24, 2.45) is 5.92 Å². The van der Waals surface area contributed by atoms with Gasteiger partial charge in [0.25, 0.3) is 0 Å². The van der Waals surface area contributed by atoms with E-state index in [1.165, 1.54) is 7.11 Å². The number of rotatable bonds is 3. The van der Waals surface area contributed by atoms with E-state index in [9.17, 15) is 9.59 Å². The van der Waals surface area contributed by atoms with E-state index in [0.29, 0.717) is 0 Å². The summed E-state index contributed by atoms with van der Waals surface area (Å²) in [5.41, 5.74) is 0.281. The SMILES string of the molecule is COC(=O)c1cc2ccccc2cc1OC(=O)C1CCC1. The number of benzene rings is 2. The van der Waals surface area contributed by atoms with Gasteiger partial charge >= 0.3 is 11.9 Å². The Morgan fingerprint density at radius 2 is 1.76 bits per heavy atom. The summed E-state index contributed by atoms with van der Waals surface area (Å²) in [6.45, 7) is 0. The van der Waals surface area contributed by atoms with E-state index in [1.807, 2.05) is 24.3 Å². The van der Waals surface area contributed by atoms with Crippen LogP contribution < -0.4 is 4.74 Å². The van der Waals surface area contributed by atoms with Gasteiger partial charge in [-0.2, -0.15) is 0 Å². The number of esters is 2. The quantitative estimate of drug-likeness (QED) is 0.641. The molecule has 108 valence electrons. The van der Waals surface area contributed by atoms with Gasteiger partial charge in [-0.05, 0) is 35.7 Å². The van der Waals surface area contributed by atoms with E-state index < -0.39 is 5.97 Å². The van der Waals surface area contributed by atoms with Crippen molar-refractivity contribution in [2.75, 3.05) is 7.11 Å². The molecular weight excluding hydrogens is 268 g/mol. The average Bonchev–Trinajstić information content (AvgIpc) is 2.43. The summed E-state index contributed by atoms with van der Waals surface area (Å²) in [7, 11) is 1.31. The zero-order chi connectivity index (χ0) is 14.8. The first kappa shape index (κ1) is 13.6. The number of ether oxygens (including phenoxy) is 2. The number of hydrogen-bond acceptors (Lipinski definition) is 4. The molecule has 1 fully saturated rings. The summed E-state index contributed by atoms with van der Waals surface area (Å²) in [6.07, 6.45) is 2.78. The van der Waals surface area contributed by atoms with Crippen LogP contribution in [0.15, 0.2) is 36.4 Å². The highest BCUT2D eigenvalue weighted by atomic mass is 16.5. The Balaban J connectivity index is 2.00. The fourth-order valence-corrected chi connectivity index (χ4v) is 2.41. The highest BCUT2D eigenvalue weighted by molar-refractivity contribution is 5.99. The molecular formula is C17H16O4. The van der Waals surface area contributed by atoms with Crippen molar-refractivity contribution in [1.29, 1.82) is 0 Å². The Morgan fingerprint density at radius 1 is 1.10 bits per heavy atom. The third kappa shape index (κ3) is 2.61. The van der Waals surface area contributed by atoms with Gasteiger partial charge in [-0.25, -0.2) is 4.79 Å². The van der Waals surface area contributed by atoms with Crippen LogP contribution in [-0.4, -0.2) is 19.0 Å². The molecule has 0 amide bonds. The maximum absolute atomic E-state index is 12.0. The lowest BCUT2D eigenvalue weighted by atomic mass is 9.86. The molecule has 0 N–H and O–H groups in total. The number of fused-ring (bicyclic) bond motifs is 1. The largest absolute Gasteiger partial charge is 0.465 e. The highest BCUT2D eigenvalue weighted by Gasteiger charge is 2.28. The van der Waals surface area contributed by atoms with Crippen LogP contribution in [0.3, 0.4) is 0 Å². The fraction of sp³-hybridized carbons (Fsp3) is 0.294. The lowest BCUT2D eigenvalue weighted by molar-refractivity contribution is -0.141. The maximum atomic E-state index is 12.0. The van der Waals surface area contributed by atoms with Crippen molar-refractivity contribution in [2.45, 2.75) is 19.3 Å². The number of carbonyl (C=O) groups is 2. The second-order valence-electron chi connectivity index (χ2n) is 5.24. The minimum atomic E-state index is -0.503. The zero-order valence-electron chi connectivity index (χ0n) is 11.8. The summed E-state index contributed by atoms with van der Waals surface area (Å²) in [5.74, 6) is -0.529. The van der Waals surface area contributed by atoms with Crippen molar-refractivity contribution in [3.8, 4) is 5.75 Å². The van der Waals surface area contributed by atoms with Crippen LogP contribution in [0.1, 0.15) is 29.6 Å². The standard InChI is InChI=1S/C17H16O4/c1-20-17(19)14-9-12-5-2-3-6-13(12)10-15(14)21-16(18)11-7-4-8-11/h2-3,5-6,9-11H,4,7-8H2,1H3. The molecule has 0 atom stereocenters. The molecule has 3 rings (SSSR count). The summed E-state index contributed by atoms with van der Waals surface area (Å²) in [4.78, 5) is 23.9. The molecule has 0 saturated heterocycles. The van der Waals surface area contributed by atoms with Crippen molar-refractivity contribution >= 4 is 22.7 Å². The van der Waals surface area contributed by atoms with Gasteiger partial charge in [-0.15, -0.1) is 0 Å². The van der Waals surface area contributed by atoms with Gasteiger partial charge < -0.3 is 9.47 Å². The van der Waals surface area contributed by atoms with Crippen molar-refractivity contribution in [3.63, 3.8) is 0 Å². The summed E-state index contributed by atoms with van der Waals surface area (Å²) < 4.78 is 10.2. The zero-order valence-corrected chi connectivity index (χ0v) is 11.8. The van der Waals surface area contributed by atoms with E-state index in [-0.39, 0.29) is 23.2 Å². The molecule has 0 radical (unpaired) electrons. The van der Waals surface area contributed by atoms with Gasteiger partial charge in [0.1, 0.15) is 11.3 Å². The number of carbonyl (C=O) groups excluding carboxylic acids is 2. The van der Waals surface area contributed by atoms with Crippen LogP contribution in [0, 0.1) is 5.92 Å². The van der Waals surface area contributed by atoms with Crippen molar-refractivity contribution < 1.29 is 19.1 Å². The third-order valence-electron chi connectivity index (χ3n) is 3.90. The predicted octanol–water partition coefficient (Wildman–Crippen LogP) is 3.33. The number of methoxy groups -OCH3 is 1. The van der Waals surface area contributed by atoms with E-state index in [2.05, 4.69) is 0 Å². The van der Waals surface area contributed by atoms with E-state index >= 15 is 0 Å². The first-order valence-corrected chi connectivity index (χ1v) is 7.02. The normalized spacial score (nSPS) is 14.5. The molecule has 2 aromatic rings. The molecule has 21 heavy (non-hydrogen) atoms. The Bertz CT molecular complexity index is 701. The summed E-state index contributed by atoms with van der Waals surface area (Å²) in [5, 5.41) is 1.82. The topological polar surface area (TPSA) is 52.6 Å². The van der Waals surface area contributed by atoms with E-state index in [4.69, 9.17) is 9.47 Å². The Kier molecular flexibility index (Phi) is 3.60. The van der Waals surface area contributed by atoms with Gasteiger partial charge in [0.15, 0.2) is 0 Å². The first-order chi connectivity index (χ1) is 10.2. The molecule has 0 heterocycles. The lowest BCUT2D eigenvalue weighted by Crippen LogP contribution is -2.27. The molecule has 0 aliphatic heterocycles. The predicted molar refractivity (Wildman–Crippen MR) is 78.3 cm³/mol. The smallest absolute Gasteiger partial charge is 0.341 e. The molecule has 4 nitrogen and oxygen atoms in total. The third-order valence-corrected chi connectivity index (χ3v) is 3.90. The van der Waals surface area contributed by atoms with Gasteiger partial charge in [0.2, 0.25) is 0 Å². The number of hydrogen-bond donors (Lipinski definition) is 0. The average molecular weight is 284 g/mol. The second-order valence-corrected chi connectivity index (χ2v) is 5.24. The lowest BCUT2D eigenvalue weighted by Gasteiger charge is -2.23. The molecule has 1 saturated carbocycles. The van der Waals surface area contributed by atoms with Gasteiger partial charge in [0, 0.05) is 0 Å². The van der Waals surface area contributed by atoms with Crippen LogP contribution >= 0.6 is 0 Å². The molecule has 0 aromatic heterocycles. The van der Waals surface area contributed by atoms with E-state index in [0.717, 1.165) is 30.0 Å². The maximum Gasteiger partial charge on any atom is 0.341 e. The van der Waals surface area contributed by atoms with Crippen molar-refractivity contribution in [3.05, 3.63) is 42.0 Å². The molecule has 0 unspecified atom stereocenters. The minimum Gasteiger partial charge on any atom is -0.465 e. The highest BCUT2D eigenvalue weighted by Crippen LogP contribution is 2.31. The van der Waals surface area contributed by atoms with Crippen molar-refractivity contribution in [1.82, 2.24) is 0 Å².